The fourth-order valence-electron chi connectivity index (χ4n) is 4.74. The number of methoxy groups -OCH3 is 1. The smallest absolute Gasteiger partial charge is 0.410 e. The van der Waals surface area contributed by atoms with Gasteiger partial charge in [-0.3, -0.25) is 10.00 Å². The number of hydrogen-bond acceptors (Lipinski definition) is 8. The first-order chi connectivity index (χ1) is 17.8. The van der Waals surface area contributed by atoms with Crippen molar-refractivity contribution in [2.45, 2.75) is 52.6 Å². The molecule has 0 atom stereocenters. The normalized spacial score (nSPS) is 14.6. The largest absolute Gasteiger partial charge is 0.497 e. The molecule has 2 aliphatic rings. The zero-order chi connectivity index (χ0) is 25.7. The Morgan fingerprint density at radius 2 is 1.86 bits per heavy atom. The van der Waals surface area contributed by atoms with Crippen LogP contribution in [0.2, 0.25) is 0 Å². The molecule has 6 rings (SSSR count). The Morgan fingerprint density at radius 3 is 2.68 bits per heavy atom. The number of nitrogens with one attached hydrogen (secondary N) is 2. The van der Waals surface area contributed by atoms with Crippen molar-refractivity contribution in [2.24, 2.45) is 0 Å². The average Bonchev–Trinajstić information content (AvgIpc) is 3.59. The topological polar surface area (TPSA) is 108 Å². The molecular formula is C27H29N7O3. The number of benzene rings is 2. The van der Waals surface area contributed by atoms with Crippen LogP contribution in [0.4, 0.5) is 22.2 Å². The summed E-state index contributed by atoms with van der Waals surface area (Å²) >= 11 is 0. The maximum absolute atomic E-state index is 12.9. The van der Waals surface area contributed by atoms with Gasteiger partial charge in [0.1, 0.15) is 17.2 Å². The number of amides is 1. The Hall–Kier alpha value is -4.34. The van der Waals surface area contributed by atoms with E-state index in [-0.39, 0.29) is 6.09 Å². The number of nitrogens with zero attached hydrogens (tertiary/aromatic N) is 5. The highest BCUT2D eigenvalue weighted by atomic mass is 16.6. The van der Waals surface area contributed by atoms with Crippen LogP contribution in [0.25, 0.3) is 10.9 Å². The van der Waals surface area contributed by atoms with Crippen molar-refractivity contribution < 1.29 is 14.3 Å². The van der Waals surface area contributed by atoms with Gasteiger partial charge in [-0.15, -0.1) is 0 Å². The maximum atomic E-state index is 12.9. The number of carbonyl (C=O) groups excluding carboxylic acids is 1. The first-order valence-electron chi connectivity index (χ1n) is 12.2. The Labute approximate surface area is 214 Å². The summed E-state index contributed by atoms with van der Waals surface area (Å²) in [5.74, 6) is 2.13. The maximum Gasteiger partial charge on any atom is 0.410 e. The molecule has 0 saturated heterocycles. The van der Waals surface area contributed by atoms with E-state index in [1.165, 1.54) is 11.1 Å². The van der Waals surface area contributed by atoms with Crippen LogP contribution in [0.3, 0.4) is 0 Å². The second-order valence-electron chi connectivity index (χ2n) is 10.4. The van der Waals surface area contributed by atoms with Gasteiger partial charge in [0, 0.05) is 29.7 Å². The van der Waals surface area contributed by atoms with Gasteiger partial charge in [-0.2, -0.15) is 10.1 Å². The lowest BCUT2D eigenvalue weighted by Gasteiger charge is -2.24. The summed E-state index contributed by atoms with van der Waals surface area (Å²) in [4.78, 5) is 26.5. The number of rotatable bonds is 4. The number of ether oxygens (including phenoxy) is 2. The van der Waals surface area contributed by atoms with Crippen LogP contribution < -0.4 is 15.0 Å². The highest BCUT2D eigenvalue weighted by molar-refractivity contribution is 5.83. The highest BCUT2D eigenvalue weighted by Crippen LogP contribution is 2.35. The van der Waals surface area contributed by atoms with Crippen molar-refractivity contribution in [3.05, 3.63) is 65.0 Å². The van der Waals surface area contributed by atoms with Gasteiger partial charge in [-0.1, -0.05) is 6.07 Å². The molecule has 0 saturated carbocycles. The minimum atomic E-state index is -0.577. The number of aromatic nitrogens is 4. The van der Waals surface area contributed by atoms with Crippen LogP contribution in [0.1, 0.15) is 43.2 Å². The summed E-state index contributed by atoms with van der Waals surface area (Å²) in [6.07, 6.45) is 1.43. The second-order valence-corrected chi connectivity index (χ2v) is 10.4. The van der Waals surface area contributed by atoms with Crippen molar-refractivity contribution in [3.8, 4) is 5.75 Å². The lowest BCUT2D eigenvalue weighted by molar-refractivity contribution is 0.0241. The molecule has 190 valence electrons. The standard InChI is InChI=1S/C27H29N7O3/c1-27(2,3)37-26(35)34-14-21-23(15-34)30-25(33-12-16-5-7-20(36-4)10-18(16)13-33)31-24(21)29-19-6-8-22-17(9-19)11-28-32-22/h5-11H,12-15H2,1-4H3,(H,28,32)(H,29,30,31). The third kappa shape index (κ3) is 4.50. The number of hydrogen-bond donors (Lipinski definition) is 2. The zero-order valence-corrected chi connectivity index (χ0v) is 21.3. The molecule has 4 heterocycles. The van der Waals surface area contributed by atoms with Crippen molar-refractivity contribution >= 4 is 34.4 Å². The van der Waals surface area contributed by atoms with Gasteiger partial charge in [-0.25, -0.2) is 9.78 Å². The fraction of sp³-hybridized carbons (Fsp3) is 0.333. The third-order valence-corrected chi connectivity index (χ3v) is 6.54. The van der Waals surface area contributed by atoms with Crippen molar-refractivity contribution in [1.82, 2.24) is 25.1 Å². The number of aromatic amines is 1. The van der Waals surface area contributed by atoms with Crippen LogP contribution in [0.15, 0.2) is 42.6 Å². The molecule has 10 heteroatoms. The molecule has 0 aliphatic carbocycles. The number of H-pyrrole nitrogens is 1. The molecule has 0 fully saturated rings. The summed E-state index contributed by atoms with van der Waals surface area (Å²) in [5, 5.41) is 11.6. The van der Waals surface area contributed by atoms with Crippen LogP contribution in [-0.2, 0) is 30.9 Å². The van der Waals surface area contributed by atoms with E-state index in [0.717, 1.165) is 33.6 Å². The van der Waals surface area contributed by atoms with Crippen LogP contribution in [0.5, 0.6) is 5.75 Å². The number of anilines is 3. The lowest BCUT2D eigenvalue weighted by Crippen LogP contribution is -2.33. The van der Waals surface area contributed by atoms with Gasteiger partial charge < -0.3 is 19.7 Å². The van der Waals surface area contributed by atoms with E-state index in [1.807, 2.05) is 45.0 Å². The molecule has 2 aromatic heterocycles. The minimum Gasteiger partial charge on any atom is -0.497 e. The molecule has 1 amide bonds. The van der Waals surface area contributed by atoms with E-state index >= 15 is 0 Å². The summed E-state index contributed by atoms with van der Waals surface area (Å²) in [7, 11) is 1.67. The van der Waals surface area contributed by atoms with Crippen LogP contribution in [-0.4, -0.2) is 43.9 Å². The van der Waals surface area contributed by atoms with E-state index in [1.54, 1.807) is 18.2 Å². The first-order valence-corrected chi connectivity index (χ1v) is 12.2. The Morgan fingerprint density at radius 1 is 1.03 bits per heavy atom. The average molecular weight is 500 g/mol. The molecule has 37 heavy (non-hydrogen) atoms. The number of carbonyl (C=O) groups is 1. The summed E-state index contributed by atoms with van der Waals surface area (Å²) in [5.41, 5.74) is 5.38. The third-order valence-electron chi connectivity index (χ3n) is 6.54. The van der Waals surface area contributed by atoms with Gasteiger partial charge in [0.05, 0.1) is 37.6 Å². The quantitative estimate of drug-likeness (QED) is 0.409. The molecule has 0 bridgehead atoms. The van der Waals surface area contributed by atoms with Crippen molar-refractivity contribution in [3.63, 3.8) is 0 Å². The molecule has 0 spiro atoms. The Bertz CT molecular complexity index is 1510. The van der Waals surface area contributed by atoms with Gasteiger partial charge >= 0.3 is 6.09 Å². The molecule has 10 nitrogen and oxygen atoms in total. The van der Waals surface area contributed by atoms with E-state index < -0.39 is 5.60 Å². The molecule has 4 aromatic rings. The van der Waals surface area contributed by atoms with E-state index in [9.17, 15) is 4.79 Å². The number of fused-ring (bicyclic) bond motifs is 3. The molecule has 0 radical (unpaired) electrons. The van der Waals surface area contributed by atoms with E-state index in [0.29, 0.717) is 37.9 Å². The predicted molar refractivity (Wildman–Crippen MR) is 140 cm³/mol. The van der Waals surface area contributed by atoms with E-state index in [2.05, 4.69) is 32.5 Å². The summed E-state index contributed by atoms with van der Waals surface area (Å²) < 4.78 is 11.0. The fourth-order valence-corrected chi connectivity index (χ4v) is 4.74. The predicted octanol–water partition coefficient (Wildman–Crippen LogP) is 4.88. The molecule has 2 N–H and O–H groups in total. The Kier molecular flexibility index (Phi) is 5.40. The van der Waals surface area contributed by atoms with Crippen molar-refractivity contribution in [2.75, 3.05) is 17.3 Å². The lowest BCUT2D eigenvalue weighted by atomic mass is 10.1. The SMILES string of the molecule is COc1ccc2c(c1)CN(c1nc3c(c(Nc4ccc5[nH]ncc5c4)n1)CN(C(=O)OC(C)(C)C)C3)C2. The summed E-state index contributed by atoms with van der Waals surface area (Å²) in [6, 6.07) is 12.1. The monoisotopic (exact) mass is 499 g/mol. The van der Waals surface area contributed by atoms with Crippen LogP contribution in [0, 0.1) is 0 Å². The Balaban J connectivity index is 1.34. The first kappa shape index (κ1) is 23.1. The molecule has 2 aromatic carbocycles. The highest BCUT2D eigenvalue weighted by Gasteiger charge is 2.33. The molecule has 2 aliphatic heterocycles. The minimum absolute atomic E-state index is 0.363. The van der Waals surface area contributed by atoms with Gasteiger partial charge in [0.2, 0.25) is 5.95 Å². The van der Waals surface area contributed by atoms with E-state index in [4.69, 9.17) is 19.4 Å². The van der Waals surface area contributed by atoms with Crippen molar-refractivity contribution in [1.29, 1.82) is 0 Å². The van der Waals surface area contributed by atoms with Gasteiger partial charge in [0.25, 0.3) is 0 Å². The second kappa shape index (κ2) is 8.65. The van der Waals surface area contributed by atoms with Crippen LogP contribution >= 0.6 is 0 Å². The van der Waals surface area contributed by atoms with Gasteiger partial charge in [-0.05, 0) is 62.2 Å². The summed E-state index contributed by atoms with van der Waals surface area (Å²) in [6.45, 7) is 7.72. The molecular weight excluding hydrogens is 470 g/mol. The van der Waals surface area contributed by atoms with Gasteiger partial charge in [0.15, 0.2) is 0 Å². The zero-order valence-electron chi connectivity index (χ0n) is 21.3. The molecule has 0 unspecified atom stereocenters.